The first-order valence-corrected chi connectivity index (χ1v) is 13.1. The van der Waals surface area contributed by atoms with Crippen molar-refractivity contribution in [2.75, 3.05) is 26.2 Å². The molecule has 1 aliphatic rings. The zero-order valence-corrected chi connectivity index (χ0v) is 19.8. The third-order valence-electron chi connectivity index (χ3n) is 6.08. The normalized spacial score (nSPS) is 15.5. The molecule has 0 atom stereocenters. The van der Waals surface area contributed by atoms with Crippen molar-refractivity contribution in [1.82, 2.24) is 18.8 Å². The minimum absolute atomic E-state index is 0.0778. The quantitative estimate of drug-likeness (QED) is 0.471. The number of H-pyrrole nitrogens is 1. The molecular formula is C23H24N4O4S2. The summed E-state index contributed by atoms with van der Waals surface area (Å²) < 4.78 is 30.3. The summed E-state index contributed by atoms with van der Waals surface area (Å²) >= 11 is 1.07. The maximum atomic E-state index is 13.3. The van der Waals surface area contributed by atoms with Crippen LogP contribution in [0.1, 0.15) is 23.7 Å². The highest BCUT2D eigenvalue weighted by Crippen LogP contribution is 2.26. The molecule has 1 fully saturated rings. The molecule has 0 radical (unpaired) electrons. The van der Waals surface area contributed by atoms with E-state index in [4.69, 9.17) is 0 Å². The summed E-state index contributed by atoms with van der Waals surface area (Å²) in [6.07, 6.45) is 2.63. The van der Waals surface area contributed by atoms with Crippen molar-refractivity contribution in [2.24, 2.45) is 0 Å². The van der Waals surface area contributed by atoms with Gasteiger partial charge < -0.3 is 9.88 Å². The Labute approximate surface area is 195 Å². The molecule has 172 valence electrons. The number of carbonyl (C=O) groups is 1. The van der Waals surface area contributed by atoms with Crippen molar-refractivity contribution in [3.63, 3.8) is 0 Å². The van der Waals surface area contributed by atoms with Crippen LogP contribution >= 0.6 is 11.3 Å². The molecule has 0 spiro atoms. The number of sulfonamides is 1. The molecule has 8 nitrogen and oxygen atoms in total. The van der Waals surface area contributed by atoms with Crippen LogP contribution in [0.2, 0.25) is 0 Å². The molecule has 10 heteroatoms. The first kappa shape index (κ1) is 21.9. The highest BCUT2D eigenvalue weighted by Gasteiger charge is 2.31. The summed E-state index contributed by atoms with van der Waals surface area (Å²) in [5, 5.41) is 0.861. The Morgan fingerprint density at radius 3 is 2.64 bits per heavy atom. The Bertz CT molecular complexity index is 1510. The monoisotopic (exact) mass is 484 g/mol. The second kappa shape index (κ2) is 8.44. The van der Waals surface area contributed by atoms with Gasteiger partial charge in [-0.15, -0.1) is 0 Å². The number of benzene rings is 2. The fourth-order valence-electron chi connectivity index (χ4n) is 4.37. The number of carbonyl (C=O) groups excluding carboxylic acids is 1. The van der Waals surface area contributed by atoms with Crippen LogP contribution in [-0.4, -0.2) is 59.3 Å². The zero-order chi connectivity index (χ0) is 23.2. The molecule has 2 aromatic carbocycles. The van der Waals surface area contributed by atoms with Gasteiger partial charge in [0.25, 0.3) is 5.91 Å². The van der Waals surface area contributed by atoms with Crippen LogP contribution in [0.5, 0.6) is 0 Å². The van der Waals surface area contributed by atoms with Crippen molar-refractivity contribution in [2.45, 2.75) is 24.8 Å². The molecule has 0 saturated carbocycles. The third-order valence-corrected chi connectivity index (χ3v) is 8.91. The first-order chi connectivity index (χ1) is 15.9. The maximum absolute atomic E-state index is 13.3. The zero-order valence-electron chi connectivity index (χ0n) is 18.2. The van der Waals surface area contributed by atoms with Crippen molar-refractivity contribution in [1.29, 1.82) is 0 Å². The van der Waals surface area contributed by atoms with Crippen LogP contribution < -0.4 is 4.87 Å². The predicted molar refractivity (Wildman–Crippen MR) is 129 cm³/mol. The average molecular weight is 485 g/mol. The van der Waals surface area contributed by atoms with Crippen LogP contribution in [-0.2, 0) is 16.6 Å². The van der Waals surface area contributed by atoms with Crippen molar-refractivity contribution in [3.05, 3.63) is 63.9 Å². The summed E-state index contributed by atoms with van der Waals surface area (Å²) in [6.45, 7) is 3.70. The van der Waals surface area contributed by atoms with Crippen molar-refractivity contribution < 1.29 is 13.2 Å². The van der Waals surface area contributed by atoms with E-state index in [1.54, 1.807) is 39.9 Å². The number of hydrogen-bond acceptors (Lipinski definition) is 5. The number of nitrogens with one attached hydrogen (secondary N) is 1. The van der Waals surface area contributed by atoms with Gasteiger partial charge in [-0.1, -0.05) is 24.3 Å². The van der Waals surface area contributed by atoms with Gasteiger partial charge in [0.2, 0.25) is 10.0 Å². The Hall–Kier alpha value is -2.95. The maximum Gasteiger partial charge on any atom is 0.308 e. The van der Waals surface area contributed by atoms with Gasteiger partial charge in [-0.3, -0.25) is 14.2 Å². The molecule has 5 rings (SSSR count). The molecule has 33 heavy (non-hydrogen) atoms. The van der Waals surface area contributed by atoms with E-state index in [2.05, 4.69) is 4.98 Å². The van der Waals surface area contributed by atoms with E-state index in [1.165, 1.54) is 4.31 Å². The topological polar surface area (TPSA) is 95.5 Å². The molecule has 1 amide bonds. The molecular weight excluding hydrogens is 460 g/mol. The van der Waals surface area contributed by atoms with E-state index < -0.39 is 10.0 Å². The van der Waals surface area contributed by atoms with Crippen molar-refractivity contribution in [3.8, 4) is 0 Å². The van der Waals surface area contributed by atoms with Gasteiger partial charge in [-0.25, -0.2) is 8.42 Å². The van der Waals surface area contributed by atoms with Crippen molar-refractivity contribution >= 4 is 48.4 Å². The Morgan fingerprint density at radius 1 is 1.09 bits per heavy atom. The number of fused-ring (bicyclic) bond motifs is 2. The number of amides is 1. The molecule has 0 unspecified atom stereocenters. The largest absolute Gasteiger partial charge is 0.361 e. The Morgan fingerprint density at radius 2 is 1.88 bits per heavy atom. The van der Waals surface area contributed by atoms with Gasteiger partial charge >= 0.3 is 4.87 Å². The fraction of sp³-hybridized carbons (Fsp3) is 0.304. The van der Waals surface area contributed by atoms with E-state index in [0.717, 1.165) is 34.2 Å². The SMILES string of the molecule is CCCn1c(=O)sc2cc(S(=O)(=O)N3CCN(C(=O)c4cccc5[nH]ccc45)CC3)ccc21. The van der Waals surface area contributed by atoms with Crippen LogP contribution in [0, 0.1) is 0 Å². The fourth-order valence-corrected chi connectivity index (χ4v) is 6.85. The lowest BCUT2D eigenvalue weighted by Gasteiger charge is -2.34. The molecule has 1 N–H and O–H groups in total. The van der Waals surface area contributed by atoms with Crippen LogP contribution in [0.3, 0.4) is 0 Å². The Balaban J connectivity index is 1.34. The first-order valence-electron chi connectivity index (χ1n) is 10.9. The molecule has 1 aliphatic heterocycles. The van der Waals surface area contributed by atoms with Gasteiger partial charge in [0.15, 0.2) is 0 Å². The second-order valence-electron chi connectivity index (χ2n) is 8.09. The predicted octanol–water partition coefficient (Wildman–Crippen LogP) is 3.10. The summed E-state index contributed by atoms with van der Waals surface area (Å²) in [6, 6.07) is 12.3. The lowest BCUT2D eigenvalue weighted by atomic mass is 10.1. The second-order valence-corrected chi connectivity index (χ2v) is 11.0. The lowest BCUT2D eigenvalue weighted by Crippen LogP contribution is -2.50. The van der Waals surface area contributed by atoms with E-state index in [-0.39, 0.29) is 28.8 Å². The number of rotatable bonds is 5. The Kier molecular flexibility index (Phi) is 5.59. The standard InChI is InChI=1S/C23H24N4O4S2/c1-2-10-27-20-7-6-16(15-21(20)32-23(27)29)33(30,31)26-13-11-25(12-14-26)22(28)18-4-3-5-19-17(18)8-9-24-19/h3-9,15,24H,2,10-14H2,1H3. The van der Waals surface area contributed by atoms with E-state index in [9.17, 15) is 18.0 Å². The van der Waals surface area contributed by atoms with Crippen LogP contribution in [0.15, 0.2) is 58.4 Å². The highest BCUT2D eigenvalue weighted by molar-refractivity contribution is 7.89. The number of piperazine rings is 1. The minimum Gasteiger partial charge on any atom is -0.361 e. The summed E-state index contributed by atoms with van der Waals surface area (Å²) in [4.78, 5) is 30.3. The molecule has 3 heterocycles. The smallest absolute Gasteiger partial charge is 0.308 e. The number of aromatic nitrogens is 2. The minimum atomic E-state index is -3.72. The van der Waals surface area contributed by atoms with Gasteiger partial charge in [0, 0.05) is 55.4 Å². The third kappa shape index (κ3) is 3.77. The molecule has 0 bridgehead atoms. The molecule has 1 saturated heterocycles. The van der Waals surface area contributed by atoms with Gasteiger partial charge in [0.05, 0.1) is 15.1 Å². The number of hydrogen-bond donors (Lipinski definition) is 1. The van der Waals surface area contributed by atoms with E-state index in [1.807, 2.05) is 25.1 Å². The number of nitrogens with zero attached hydrogens (tertiary/aromatic N) is 3. The molecule has 2 aromatic heterocycles. The summed E-state index contributed by atoms with van der Waals surface area (Å²) in [5.41, 5.74) is 2.27. The van der Waals surface area contributed by atoms with Crippen LogP contribution in [0.25, 0.3) is 21.1 Å². The summed E-state index contributed by atoms with van der Waals surface area (Å²) in [7, 11) is -3.72. The van der Waals surface area contributed by atoms with E-state index >= 15 is 0 Å². The average Bonchev–Trinajstić information content (AvgIpc) is 3.43. The molecule has 0 aliphatic carbocycles. The van der Waals surface area contributed by atoms with Crippen LogP contribution in [0.4, 0.5) is 0 Å². The van der Waals surface area contributed by atoms with Gasteiger partial charge in [-0.2, -0.15) is 4.31 Å². The highest BCUT2D eigenvalue weighted by atomic mass is 32.2. The number of thiazole rings is 1. The number of aryl methyl sites for hydroxylation is 1. The lowest BCUT2D eigenvalue weighted by molar-refractivity contribution is 0.0700. The van der Waals surface area contributed by atoms with Gasteiger partial charge in [0.1, 0.15) is 0 Å². The van der Waals surface area contributed by atoms with Gasteiger partial charge in [-0.05, 0) is 42.8 Å². The summed E-state index contributed by atoms with van der Waals surface area (Å²) in [5.74, 6) is -0.0966. The van der Waals surface area contributed by atoms with E-state index in [0.29, 0.717) is 29.9 Å². The number of aromatic amines is 1. The molecule has 4 aromatic rings.